The van der Waals surface area contributed by atoms with E-state index < -0.39 is 0 Å². The maximum atomic E-state index is 12.5. The van der Waals surface area contributed by atoms with E-state index >= 15 is 0 Å². The lowest BCUT2D eigenvalue weighted by atomic mass is 9.90. The number of hydrogen-bond donors (Lipinski definition) is 1. The lowest BCUT2D eigenvalue weighted by Gasteiger charge is -2.28. The molecule has 6 heteroatoms. The summed E-state index contributed by atoms with van der Waals surface area (Å²) in [7, 11) is 1.66. The Morgan fingerprint density at radius 3 is 2.77 bits per heavy atom. The van der Waals surface area contributed by atoms with Crippen molar-refractivity contribution in [1.82, 2.24) is 5.32 Å². The standard InChI is InChI=1S/C24H28N4O2/c1-4-11-26-24(29)28-12-10-16-13-17(6-9-21(16)28)23-20(15-25)19-8-7-18(30-3)14-22(19)27(23)5-2/h6-9,13-14,20,23H,4-5,10-12H2,1-3H3,(H,26,29). The molecule has 0 spiro atoms. The molecular formula is C24H28N4O2. The number of anilines is 2. The van der Waals surface area contributed by atoms with Crippen LogP contribution in [0.5, 0.6) is 5.75 Å². The summed E-state index contributed by atoms with van der Waals surface area (Å²) in [5.74, 6) is 0.557. The second-order valence-corrected chi connectivity index (χ2v) is 7.78. The number of fused-ring (bicyclic) bond motifs is 2. The Morgan fingerprint density at radius 2 is 2.07 bits per heavy atom. The van der Waals surface area contributed by atoms with Gasteiger partial charge in [0.1, 0.15) is 5.75 Å². The number of nitrogens with zero attached hydrogens (tertiary/aromatic N) is 3. The summed E-state index contributed by atoms with van der Waals surface area (Å²) in [5, 5.41) is 13.0. The summed E-state index contributed by atoms with van der Waals surface area (Å²) in [5.41, 5.74) is 5.37. The molecule has 0 aliphatic carbocycles. The van der Waals surface area contributed by atoms with Crippen LogP contribution in [0.4, 0.5) is 16.2 Å². The Morgan fingerprint density at radius 1 is 1.23 bits per heavy atom. The molecule has 2 atom stereocenters. The van der Waals surface area contributed by atoms with Crippen LogP contribution < -0.4 is 19.9 Å². The Hall–Kier alpha value is -3.20. The van der Waals surface area contributed by atoms with Crippen molar-refractivity contribution in [3.63, 3.8) is 0 Å². The molecule has 6 nitrogen and oxygen atoms in total. The molecule has 156 valence electrons. The number of ether oxygens (including phenoxy) is 1. The first-order valence-electron chi connectivity index (χ1n) is 10.6. The van der Waals surface area contributed by atoms with Gasteiger partial charge >= 0.3 is 6.03 Å². The molecule has 2 amide bonds. The first-order chi connectivity index (χ1) is 14.6. The van der Waals surface area contributed by atoms with Gasteiger partial charge in [-0.1, -0.05) is 25.1 Å². The minimum Gasteiger partial charge on any atom is -0.497 e. The second kappa shape index (κ2) is 8.27. The Balaban J connectivity index is 1.67. The number of nitrogens with one attached hydrogen (secondary N) is 1. The van der Waals surface area contributed by atoms with Crippen LogP contribution in [0.25, 0.3) is 0 Å². The number of methoxy groups -OCH3 is 1. The predicted molar refractivity (Wildman–Crippen MR) is 118 cm³/mol. The Labute approximate surface area is 178 Å². The van der Waals surface area contributed by atoms with Crippen LogP contribution in [0.15, 0.2) is 36.4 Å². The maximum Gasteiger partial charge on any atom is 0.321 e. The molecule has 0 saturated carbocycles. The van der Waals surface area contributed by atoms with Gasteiger partial charge in [0.05, 0.1) is 25.1 Å². The van der Waals surface area contributed by atoms with E-state index in [9.17, 15) is 10.1 Å². The molecule has 0 bridgehead atoms. The Bertz CT molecular complexity index is 997. The van der Waals surface area contributed by atoms with E-state index in [0.29, 0.717) is 13.1 Å². The van der Waals surface area contributed by atoms with Crippen LogP contribution in [0.1, 0.15) is 48.9 Å². The van der Waals surface area contributed by atoms with Gasteiger partial charge in [-0.15, -0.1) is 0 Å². The number of likely N-dealkylation sites (N-methyl/N-ethyl adjacent to an activating group) is 1. The highest BCUT2D eigenvalue weighted by Gasteiger charge is 2.40. The highest BCUT2D eigenvalue weighted by Crippen LogP contribution is 2.50. The van der Waals surface area contributed by atoms with E-state index in [-0.39, 0.29) is 18.0 Å². The highest BCUT2D eigenvalue weighted by molar-refractivity contribution is 5.94. The third-order valence-corrected chi connectivity index (χ3v) is 6.13. The number of rotatable bonds is 5. The molecule has 2 aliphatic heterocycles. The van der Waals surface area contributed by atoms with Crippen molar-refractivity contribution in [1.29, 1.82) is 5.26 Å². The van der Waals surface area contributed by atoms with Gasteiger partial charge in [-0.3, -0.25) is 4.90 Å². The van der Waals surface area contributed by atoms with E-state index in [0.717, 1.165) is 47.6 Å². The summed E-state index contributed by atoms with van der Waals surface area (Å²) < 4.78 is 5.41. The quantitative estimate of drug-likeness (QED) is 0.804. The van der Waals surface area contributed by atoms with Crippen molar-refractivity contribution in [2.75, 3.05) is 36.5 Å². The van der Waals surface area contributed by atoms with Crippen molar-refractivity contribution < 1.29 is 9.53 Å². The van der Waals surface area contributed by atoms with Gasteiger partial charge in [-0.05, 0) is 48.6 Å². The molecule has 4 rings (SSSR count). The van der Waals surface area contributed by atoms with Crippen molar-refractivity contribution in [3.05, 3.63) is 53.1 Å². The van der Waals surface area contributed by atoms with E-state index in [1.54, 1.807) is 7.11 Å². The van der Waals surface area contributed by atoms with Crippen molar-refractivity contribution in [2.45, 2.75) is 38.6 Å². The number of carbonyl (C=O) groups is 1. The molecule has 30 heavy (non-hydrogen) atoms. The van der Waals surface area contributed by atoms with Crippen molar-refractivity contribution in [2.24, 2.45) is 0 Å². The predicted octanol–water partition coefficient (Wildman–Crippen LogP) is 4.37. The molecule has 2 unspecified atom stereocenters. The fraction of sp³-hybridized carbons (Fsp3) is 0.417. The monoisotopic (exact) mass is 404 g/mol. The van der Waals surface area contributed by atoms with Crippen LogP contribution in [-0.4, -0.2) is 32.8 Å². The van der Waals surface area contributed by atoms with E-state index in [1.165, 1.54) is 5.56 Å². The molecule has 2 aromatic rings. The minimum absolute atomic E-state index is 0.0335. The molecule has 2 heterocycles. The van der Waals surface area contributed by atoms with Crippen LogP contribution >= 0.6 is 0 Å². The average Bonchev–Trinajstić information content (AvgIpc) is 3.34. The highest BCUT2D eigenvalue weighted by atomic mass is 16.5. The second-order valence-electron chi connectivity index (χ2n) is 7.78. The first kappa shape index (κ1) is 20.1. The van der Waals surface area contributed by atoms with Gasteiger partial charge in [-0.25, -0.2) is 4.79 Å². The van der Waals surface area contributed by atoms with Crippen LogP contribution in [-0.2, 0) is 6.42 Å². The molecule has 0 saturated heterocycles. The number of nitriles is 1. The summed E-state index contributed by atoms with van der Waals surface area (Å²) in [6.07, 6.45) is 1.75. The van der Waals surface area contributed by atoms with Gasteiger partial charge in [0.15, 0.2) is 0 Å². The molecule has 1 N–H and O–H groups in total. The molecular weight excluding hydrogens is 376 g/mol. The fourth-order valence-corrected chi connectivity index (χ4v) is 4.69. The number of carbonyl (C=O) groups excluding carboxylic acids is 1. The van der Waals surface area contributed by atoms with E-state index in [1.807, 2.05) is 36.1 Å². The zero-order chi connectivity index (χ0) is 21.3. The maximum absolute atomic E-state index is 12.5. The Kier molecular flexibility index (Phi) is 5.54. The zero-order valence-electron chi connectivity index (χ0n) is 17.8. The molecule has 2 aromatic carbocycles. The van der Waals surface area contributed by atoms with Crippen LogP contribution in [0, 0.1) is 11.3 Å². The summed E-state index contributed by atoms with van der Waals surface area (Å²) in [6.45, 7) is 6.33. The number of benzene rings is 2. The number of urea groups is 1. The lowest BCUT2D eigenvalue weighted by Crippen LogP contribution is -2.39. The third kappa shape index (κ3) is 3.24. The van der Waals surface area contributed by atoms with Gasteiger partial charge in [0, 0.05) is 37.1 Å². The van der Waals surface area contributed by atoms with Crippen molar-refractivity contribution >= 4 is 17.4 Å². The average molecular weight is 405 g/mol. The van der Waals surface area contributed by atoms with Crippen molar-refractivity contribution in [3.8, 4) is 11.8 Å². The number of amides is 2. The van der Waals surface area contributed by atoms with E-state index in [2.05, 4.69) is 35.3 Å². The minimum atomic E-state index is -0.241. The molecule has 2 aliphatic rings. The molecule has 0 fully saturated rings. The smallest absolute Gasteiger partial charge is 0.321 e. The van der Waals surface area contributed by atoms with Gasteiger partial charge in [0.2, 0.25) is 0 Å². The summed E-state index contributed by atoms with van der Waals surface area (Å²) in [4.78, 5) is 16.6. The van der Waals surface area contributed by atoms with Gasteiger partial charge < -0.3 is 15.0 Å². The normalized spacial score (nSPS) is 19.3. The topological polar surface area (TPSA) is 68.6 Å². The van der Waals surface area contributed by atoms with Crippen LogP contribution in [0.2, 0.25) is 0 Å². The van der Waals surface area contributed by atoms with Gasteiger partial charge in [0.25, 0.3) is 0 Å². The SMILES string of the molecule is CCCNC(=O)N1CCc2cc(C3C(C#N)c4ccc(OC)cc4N3CC)ccc21. The first-order valence-corrected chi connectivity index (χ1v) is 10.6. The summed E-state index contributed by atoms with van der Waals surface area (Å²) in [6, 6.07) is 14.7. The number of hydrogen-bond acceptors (Lipinski definition) is 4. The third-order valence-electron chi connectivity index (χ3n) is 6.13. The van der Waals surface area contributed by atoms with E-state index in [4.69, 9.17) is 4.74 Å². The fourth-order valence-electron chi connectivity index (χ4n) is 4.69. The largest absolute Gasteiger partial charge is 0.497 e. The van der Waals surface area contributed by atoms with Gasteiger partial charge in [-0.2, -0.15) is 5.26 Å². The molecule has 0 aromatic heterocycles. The van der Waals surface area contributed by atoms with Crippen LogP contribution in [0.3, 0.4) is 0 Å². The zero-order valence-corrected chi connectivity index (χ0v) is 17.8. The summed E-state index contributed by atoms with van der Waals surface area (Å²) >= 11 is 0. The molecule has 0 radical (unpaired) electrons. The lowest BCUT2D eigenvalue weighted by molar-refractivity contribution is 0.247.